The van der Waals surface area contributed by atoms with Crippen LogP contribution in [0.3, 0.4) is 0 Å². The summed E-state index contributed by atoms with van der Waals surface area (Å²) >= 11 is 4.58. The number of carbonyl (C=O) groups excluding carboxylic acids is 1. The summed E-state index contributed by atoms with van der Waals surface area (Å²) in [5.41, 5.74) is 10.2. The van der Waals surface area contributed by atoms with Crippen LogP contribution in [0.25, 0.3) is 0 Å². The highest BCUT2D eigenvalue weighted by Gasteiger charge is 2.16. The molecule has 0 heterocycles. The number of benzene rings is 1. The SMILES string of the molecule is COc1cc(C(=O)NNC(N)=S)cc(OC)c1OC. The van der Waals surface area contributed by atoms with Gasteiger partial charge in [-0.05, 0) is 24.4 Å². The maximum absolute atomic E-state index is 11.8. The van der Waals surface area contributed by atoms with Crippen molar-refractivity contribution in [3.05, 3.63) is 17.7 Å². The quantitative estimate of drug-likeness (QED) is 0.537. The van der Waals surface area contributed by atoms with Gasteiger partial charge in [-0.15, -0.1) is 0 Å². The van der Waals surface area contributed by atoms with Gasteiger partial charge in [0.25, 0.3) is 5.91 Å². The van der Waals surface area contributed by atoms with Crippen molar-refractivity contribution >= 4 is 23.2 Å². The molecule has 1 amide bonds. The lowest BCUT2D eigenvalue weighted by Crippen LogP contribution is -2.44. The van der Waals surface area contributed by atoms with Crippen molar-refractivity contribution in [1.29, 1.82) is 0 Å². The molecular weight excluding hydrogens is 270 g/mol. The Labute approximate surface area is 116 Å². The van der Waals surface area contributed by atoms with Gasteiger partial charge in [-0.25, -0.2) is 0 Å². The van der Waals surface area contributed by atoms with E-state index in [0.717, 1.165) is 0 Å². The molecule has 0 aliphatic heterocycles. The summed E-state index contributed by atoms with van der Waals surface area (Å²) in [5.74, 6) is 0.723. The van der Waals surface area contributed by atoms with Crippen molar-refractivity contribution in [2.24, 2.45) is 5.73 Å². The molecule has 0 atom stereocenters. The minimum Gasteiger partial charge on any atom is -0.493 e. The van der Waals surface area contributed by atoms with Crippen molar-refractivity contribution in [2.75, 3.05) is 21.3 Å². The number of ether oxygens (including phenoxy) is 3. The molecule has 1 aromatic rings. The lowest BCUT2D eigenvalue weighted by molar-refractivity contribution is 0.0943. The second-order valence-corrected chi connectivity index (χ2v) is 3.80. The fourth-order valence-corrected chi connectivity index (χ4v) is 1.45. The largest absolute Gasteiger partial charge is 0.493 e. The van der Waals surface area contributed by atoms with Gasteiger partial charge in [0.15, 0.2) is 16.6 Å². The van der Waals surface area contributed by atoms with E-state index >= 15 is 0 Å². The van der Waals surface area contributed by atoms with E-state index in [0.29, 0.717) is 22.8 Å². The first-order valence-corrected chi connectivity index (χ1v) is 5.60. The van der Waals surface area contributed by atoms with Crippen LogP contribution in [0.15, 0.2) is 12.1 Å². The highest BCUT2D eigenvalue weighted by atomic mass is 32.1. The lowest BCUT2D eigenvalue weighted by Gasteiger charge is -2.14. The summed E-state index contributed by atoms with van der Waals surface area (Å²) < 4.78 is 15.4. The fourth-order valence-electron chi connectivity index (χ4n) is 1.40. The van der Waals surface area contributed by atoms with Gasteiger partial charge in [0.1, 0.15) is 0 Å². The van der Waals surface area contributed by atoms with Crippen LogP contribution in [-0.4, -0.2) is 32.3 Å². The normalized spacial score (nSPS) is 9.42. The molecule has 0 radical (unpaired) electrons. The van der Waals surface area contributed by atoms with Gasteiger partial charge in [0.05, 0.1) is 21.3 Å². The molecule has 0 aliphatic carbocycles. The van der Waals surface area contributed by atoms with E-state index in [1.165, 1.54) is 33.5 Å². The Kier molecular flexibility index (Phi) is 5.19. The van der Waals surface area contributed by atoms with Gasteiger partial charge < -0.3 is 19.9 Å². The van der Waals surface area contributed by atoms with Crippen molar-refractivity contribution in [1.82, 2.24) is 10.9 Å². The molecule has 104 valence electrons. The van der Waals surface area contributed by atoms with E-state index in [-0.39, 0.29) is 5.11 Å². The highest BCUT2D eigenvalue weighted by molar-refractivity contribution is 7.80. The molecule has 0 aliphatic rings. The molecule has 4 N–H and O–H groups in total. The molecule has 8 heteroatoms. The molecule has 0 bridgehead atoms. The van der Waals surface area contributed by atoms with Crippen LogP contribution >= 0.6 is 12.2 Å². The molecular formula is C11H15N3O4S. The zero-order valence-corrected chi connectivity index (χ0v) is 11.6. The van der Waals surface area contributed by atoms with Gasteiger partial charge in [0.2, 0.25) is 5.75 Å². The summed E-state index contributed by atoms with van der Waals surface area (Å²) in [6.07, 6.45) is 0. The maximum Gasteiger partial charge on any atom is 0.269 e. The predicted molar refractivity (Wildman–Crippen MR) is 73.5 cm³/mol. The third-order valence-corrected chi connectivity index (χ3v) is 2.33. The smallest absolute Gasteiger partial charge is 0.269 e. The van der Waals surface area contributed by atoms with Crippen LogP contribution in [0.4, 0.5) is 0 Å². The molecule has 1 aromatic carbocycles. The van der Waals surface area contributed by atoms with Crippen LogP contribution in [0.1, 0.15) is 10.4 Å². The Morgan fingerprint density at radius 3 is 2.00 bits per heavy atom. The monoisotopic (exact) mass is 285 g/mol. The van der Waals surface area contributed by atoms with E-state index in [1.807, 2.05) is 0 Å². The molecule has 0 fully saturated rings. The molecule has 0 aromatic heterocycles. The first-order valence-electron chi connectivity index (χ1n) is 5.19. The van der Waals surface area contributed by atoms with Crippen molar-refractivity contribution in [2.45, 2.75) is 0 Å². The average molecular weight is 285 g/mol. The predicted octanol–water partition coefficient (Wildman–Crippen LogP) is 0.190. The Hall–Kier alpha value is -2.22. The summed E-state index contributed by atoms with van der Waals surface area (Å²) in [7, 11) is 4.41. The van der Waals surface area contributed by atoms with E-state index in [2.05, 4.69) is 23.1 Å². The third kappa shape index (κ3) is 3.62. The number of methoxy groups -OCH3 is 3. The van der Waals surface area contributed by atoms with E-state index < -0.39 is 5.91 Å². The zero-order valence-electron chi connectivity index (χ0n) is 10.8. The molecule has 1 rings (SSSR count). The number of hydrazine groups is 1. The topological polar surface area (TPSA) is 94.8 Å². The summed E-state index contributed by atoms with van der Waals surface area (Å²) in [4.78, 5) is 11.8. The molecule has 0 saturated carbocycles. The molecule has 0 spiro atoms. The first-order chi connectivity index (χ1) is 9.03. The van der Waals surface area contributed by atoms with E-state index in [1.54, 1.807) is 0 Å². The zero-order chi connectivity index (χ0) is 14.4. The van der Waals surface area contributed by atoms with Crippen LogP contribution in [0.2, 0.25) is 0 Å². The minimum atomic E-state index is -0.438. The molecule has 0 saturated heterocycles. The average Bonchev–Trinajstić information content (AvgIpc) is 2.42. The van der Waals surface area contributed by atoms with Crippen LogP contribution in [0.5, 0.6) is 17.2 Å². The number of nitrogens with two attached hydrogens (primary N) is 1. The minimum absolute atomic E-state index is 0.0409. The van der Waals surface area contributed by atoms with Crippen molar-refractivity contribution in [3.8, 4) is 17.2 Å². The van der Waals surface area contributed by atoms with Gasteiger partial charge in [-0.3, -0.25) is 15.6 Å². The second-order valence-electron chi connectivity index (χ2n) is 3.36. The first kappa shape index (κ1) is 14.8. The number of hydrogen-bond donors (Lipinski definition) is 3. The number of carbonyl (C=O) groups is 1. The molecule has 7 nitrogen and oxygen atoms in total. The Morgan fingerprint density at radius 2 is 1.63 bits per heavy atom. The Bertz CT molecular complexity index is 468. The van der Waals surface area contributed by atoms with Crippen LogP contribution in [-0.2, 0) is 0 Å². The van der Waals surface area contributed by atoms with Gasteiger partial charge in [0, 0.05) is 5.56 Å². The fraction of sp³-hybridized carbons (Fsp3) is 0.273. The van der Waals surface area contributed by atoms with E-state index in [4.69, 9.17) is 19.9 Å². The summed E-state index contributed by atoms with van der Waals surface area (Å²) in [5, 5.41) is -0.0409. The third-order valence-electron chi connectivity index (χ3n) is 2.23. The van der Waals surface area contributed by atoms with E-state index in [9.17, 15) is 4.79 Å². The Morgan fingerprint density at radius 1 is 1.11 bits per heavy atom. The molecule has 19 heavy (non-hydrogen) atoms. The number of hydrogen-bond acceptors (Lipinski definition) is 5. The number of thiocarbonyl (C=S) groups is 1. The standard InChI is InChI=1S/C11H15N3O4S/c1-16-7-4-6(10(15)13-14-11(12)19)5-8(17-2)9(7)18-3/h4-5H,1-3H3,(H,13,15)(H3,12,14,19). The number of nitrogens with one attached hydrogen (secondary N) is 2. The highest BCUT2D eigenvalue weighted by Crippen LogP contribution is 2.38. The summed E-state index contributed by atoms with van der Waals surface area (Å²) in [6.45, 7) is 0. The number of amides is 1. The second kappa shape index (κ2) is 6.64. The van der Waals surface area contributed by atoms with Gasteiger partial charge in [-0.2, -0.15) is 0 Å². The number of rotatable bonds is 4. The van der Waals surface area contributed by atoms with Gasteiger partial charge in [-0.1, -0.05) is 0 Å². The van der Waals surface area contributed by atoms with Crippen molar-refractivity contribution < 1.29 is 19.0 Å². The van der Waals surface area contributed by atoms with Crippen LogP contribution < -0.4 is 30.8 Å². The maximum atomic E-state index is 11.8. The summed E-state index contributed by atoms with van der Waals surface area (Å²) in [6, 6.07) is 3.02. The van der Waals surface area contributed by atoms with Gasteiger partial charge >= 0.3 is 0 Å². The van der Waals surface area contributed by atoms with Crippen LogP contribution in [0, 0.1) is 0 Å². The lowest BCUT2D eigenvalue weighted by atomic mass is 10.1. The van der Waals surface area contributed by atoms with Crippen molar-refractivity contribution in [3.63, 3.8) is 0 Å². The molecule has 0 unspecified atom stereocenters. The Balaban J connectivity index is 3.08.